The third kappa shape index (κ3) is 5.81. The fourth-order valence-corrected chi connectivity index (χ4v) is 7.89. The molecule has 4 heteroatoms. The largest absolute Gasteiger partial charge is 0.256 e. The quantitative estimate of drug-likeness (QED) is 0.167. The number of rotatable bonds is 5. The Hall–Kier alpha value is -7.56. The fourth-order valence-electron chi connectivity index (χ4n) is 7.89. The van der Waals surface area contributed by atoms with Crippen molar-refractivity contribution in [3.63, 3.8) is 0 Å². The van der Waals surface area contributed by atoms with Crippen LogP contribution in [0.5, 0.6) is 0 Å². The van der Waals surface area contributed by atoms with Crippen LogP contribution in [0.25, 0.3) is 110 Å². The minimum absolute atomic E-state index is 0.600. The van der Waals surface area contributed by atoms with Gasteiger partial charge in [-0.15, -0.1) is 0 Å². The van der Waals surface area contributed by atoms with Gasteiger partial charge in [-0.25, -0.2) is 15.0 Å². The minimum atomic E-state index is 0.600. The molecule has 56 heavy (non-hydrogen) atoms. The van der Waals surface area contributed by atoms with E-state index in [1.165, 1.54) is 43.1 Å². The summed E-state index contributed by atoms with van der Waals surface area (Å²) in [6, 6.07) is 66.8. The van der Waals surface area contributed by atoms with Crippen molar-refractivity contribution in [3.8, 4) is 56.4 Å². The summed E-state index contributed by atoms with van der Waals surface area (Å²) in [6.07, 6.45) is 1.82. The average molecular weight is 713 g/mol. The van der Waals surface area contributed by atoms with Gasteiger partial charge in [-0.2, -0.15) is 0 Å². The maximum Gasteiger partial charge on any atom is 0.164 e. The lowest BCUT2D eigenvalue weighted by Crippen LogP contribution is -2.00. The summed E-state index contributed by atoms with van der Waals surface area (Å²) < 4.78 is 0. The van der Waals surface area contributed by atoms with Gasteiger partial charge in [0, 0.05) is 28.3 Å². The molecular formula is C52H32N4. The molecule has 11 aromatic rings. The first-order valence-electron chi connectivity index (χ1n) is 18.8. The Morgan fingerprint density at radius 2 is 0.661 bits per heavy atom. The van der Waals surface area contributed by atoms with Crippen molar-refractivity contribution in [1.82, 2.24) is 19.9 Å². The highest BCUT2D eigenvalue weighted by Gasteiger charge is 2.16. The molecule has 0 spiro atoms. The number of nitrogens with zero attached hydrogens (tertiary/aromatic N) is 4. The second-order valence-electron chi connectivity index (χ2n) is 14.4. The molecule has 0 N–H and O–H groups in total. The molecule has 0 unspecified atom stereocenters. The van der Waals surface area contributed by atoms with Crippen molar-refractivity contribution in [3.05, 3.63) is 194 Å². The smallest absolute Gasteiger partial charge is 0.164 e. The van der Waals surface area contributed by atoms with Crippen molar-refractivity contribution >= 4 is 54.0 Å². The SMILES string of the molecule is c1ccc(-c2nc(-c3cc(-c4ccc5cc6ccccc6cc5c4)cc(-c4ccc5cc6ccccc6cc5c4)c3)nc(-c3ccc4cccnc4c3)n2)cc1. The van der Waals surface area contributed by atoms with Crippen molar-refractivity contribution < 1.29 is 0 Å². The van der Waals surface area contributed by atoms with E-state index in [2.05, 4.69) is 157 Å². The van der Waals surface area contributed by atoms with E-state index in [0.717, 1.165) is 49.8 Å². The second-order valence-corrected chi connectivity index (χ2v) is 14.4. The van der Waals surface area contributed by atoms with Gasteiger partial charge in [-0.1, -0.05) is 121 Å². The molecule has 0 aliphatic carbocycles. The van der Waals surface area contributed by atoms with E-state index in [4.69, 9.17) is 15.0 Å². The van der Waals surface area contributed by atoms with Crippen LogP contribution >= 0.6 is 0 Å². The van der Waals surface area contributed by atoms with Crippen LogP contribution in [0.15, 0.2) is 194 Å². The summed E-state index contributed by atoms with van der Waals surface area (Å²) in [6.45, 7) is 0. The Bertz CT molecular complexity index is 3180. The Labute approximate surface area is 323 Å². The minimum Gasteiger partial charge on any atom is -0.256 e. The first kappa shape index (κ1) is 31.9. The normalized spacial score (nSPS) is 11.6. The van der Waals surface area contributed by atoms with Gasteiger partial charge >= 0.3 is 0 Å². The Kier molecular flexibility index (Phi) is 7.46. The van der Waals surface area contributed by atoms with Gasteiger partial charge < -0.3 is 0 Å². The van der Waals surface area contributed by atoms with Crippen molar-refractivity contribution in [2.75, 3.05) is 0 Å². The first-order valence-corrected chi connectivity index (χ1v) is 18.8. The zero-order valence-corrected chi connectivity index (χ0v) is 30.3. The fraction of sp³-hybridized carbons (Fsp3) is 0. The molecule has 0 aliphatic heterocycles. The maximum atomic E-state index is 5.19. The molecule has 11 rings (SSSR count). The molecule has 0 saturated heterocycles. The summed E-state index contributed by atoms with van der Waals surface area (Å²) in [5.41, 5.74) is 8.04. The molecule has 2 aromatic heterocycles. The van der Waals surface area contributed by atoms with Gasteiger partial charge in [0.25, 0.3) is 0 Å². The standard InChI is InChI=1S/C52H32N4/c1-2-9-34(10-3-1)50-54-51(43-21-16-33-15-8-22-53-49(33)32-43)56-52(55-50)48-30-46(41-19-17-39-23-35-11-4-6-13-37(35)25-44(39)27-41)29-47(31-48)42-20-18-40-24-36-12-5-7-14-38(36)26-45(40)28-42/h1-32H. The molecule has 0 bridgehead atoms. The molecule has 0 saturated carbocycles. The van der Waals surface area contributed by atoms with E-state index < -0.39 is 0 Å². The van der Waals surface area contributed by atoms with Crippen LogP contribution in [0.3, 0.4) is 0 Å². The van der Waals surface area contributed by atoms with Crippen molar-refractivity contribution in [1.29, 1.82) is 0 Å². The summed E-state index contributed by atoms with van der Waals surface area (Å²) in [4.78, 5) is 20.0. The van der Waals surface area contributed by atoms with E-state index in [0.29, 0.717) is 17.5 Å². The summed E-state index contributed by atoms with van der Waals surface area (Å²) in [7, 11) is 0. The molecule has 0 radical (unpaired) electrons. The molecule has 4 nitrogen and oxygen atoms in total. The first-order chi connectivity index (χ1) is 27.7. The number of aromatic nitrogens is 4. The third-order valence-electron chi connectivity index (χ3n) is 10.8. The molecule has 2 heterocycles. The second kappa shape index (κ2) is 13.1. The van der Waals surface area contributed by atoms with E-state index >= 15 is 0 Å². The Morgan fingerprint density at radius 3 is 1.25 bits per heavy atom. The molecular weight excluding hydrogens is 681 g/mol. The van der Waals surface area contributed by atoms with E-state index in [-0.39, 0.29) is 0 Å². The summed E-state index contributed by atoms with van der Waals surface area (Å²) in [5.74, 6) is 1.83. The molecule has 0 amide bonds. The van der Waals surface area contributed by atoms with E-state index in [9.17, 15) is 0 Å². The summed E-state index contributed by atoms with van der Waals surface area (Å²) >= 11 is 0. The predicted octanol–water partition coefficient (Wildman–Crippen LogP) is 13.4. The zero-order chi connectivity index (χ0) is 37.0. The van der Waals surface area contributed by atoms with Crippen LogP contribution in [-0.2, 0) is 0 Å². The van der Waals surface area contributed by atoms with Crippen LogP contribution in [0.1, 0.15) is 0 Å². The Morgan fingerprint density at radius 1 is 0.232 bits per heavy atom. The average Bonchev–Trinajstić information content (AvgIpc) is 3.27. The van der Waals surface area contributed by atoms with Gasteiger partial charge in [0.05, 0.1) is 5.52 Å². The number of benzene rings is 9. The molecule has 0 atom stereocenters. The monoisotopic (exact) mass is 712 g/mol. The highest BCUT2D eigenvalue weighted by molar-refractivity contribution is 6.01. The van der Waals surface area contributed by atoms with Gasteiger partial charge in [-0.05, 0) is 132 Å². The Balaban J connectivity index is 1.13. The molecule has 9 aromatic carbocycles. The van der Waals surface area contributed by atoms with E-state index in [1.807, 2.05) is 42.6 Å². The summed E-state index contributed by atoms with van der Waals surface area (Å²) in [5, 5.41) is 10.8. The van der Waals surface area contributed by atoms with Gasteiger partial charge in [0.1, 0.15) is 0 Å². The lowest BCUT2D eigenvalue weighted by atomic mass is 9.92. The maximum absolute atomic E-state index is 5.19. The lowest BCUT2D eigenvalue weighted by molar-refractivity contribution is 1.07. The van der Waals surface area contributed by atoms with Crippen molar-refractivity contribution in [2.24, 2.45) is 0 Å². The third-order valence-corrected chi connectivity index (χ3v) is 10.8. The topological polar surface area (TPSA) is 51.6 Å². The van der Waals surface area contributed by atoms with Gasteiger partial charge in [0.15, 0.2) is 17.5 Å². The number of pyridine rings is 1. The highest BCUT2D eigenvalue weighted by atomic mass is 15.0. The van der Waals surface area contributed by atoms with Crippen LogP contribution in [0.2, 0.25) is 0 Å². The highest BCUT2D eigenvalue weighted by Crippen LogP contribution is 2.37. The van der Waals surface area contributed by atoms with Crippen LogP contribution in [-0.4, -0.2) is 19.9 Å². The van der Waals surface area contributed by atoms with E-state index in [1.54, 1.807) is 0 Å². The van der Waals surface area contributed by atoms with Crippen LogP contribution in [0.4, 0.5) is 0 Å². The van der Waals surface area contributed by atoms with Gasteiger partial charge in [-0.3, -0.25) is 4.98 Å². The predicted molar refractivity (Wildman–Crippen MR) is 232 cm³/mol. The molecule has 260 valence electrons. The number of fused-ring (bicyclic) bond motifs is 5. The number of hydrogen-bond donors (Lipinski definition) is 0. The number of hydrogen-bond acceptors (Lipinski definition) is 4. The zero-order valence-electron chi connectivity index (χ0n) is 30.3. The van der Waals surface area contributed by atoms with Crippen LogP contribution < -0.4 is 0 Å². The van der Waals surface area contributed by atoms with Gasteiger partial charge in [0.2, 0.25) is 0 Å². The molecule has 0 aliphatic rings. The van der Waals surface area contributed by atoms with Crippen molar-refractivity contribution in [2.45, 2.75) is 0 Å². The molecule has 0 fully saturated rings. The lowest BCUT2D eigenvalue weighted by Gasteiger charge is -2.14. The van der Waals surface area contributed by atoms with Crippen LogP contribution in [0, 0.1) is 0 Å².